The van der Waals surface area contributed by atoms with Crippen LogP contribution in [-0.2, 0) is 19.0 Å². The standard InChI is InChI=1S/C17H16F3N/c18-17(19,20)15-6-3-12(4-7-15)10-13-5-8-16-14(11-13)2-1-9-21-16/h3-8,11,21H,1-2,9-10H2. The van der Waals surface area contributed by atoms with E-state index in [0.717, 1.165) is 42.6 Å². The molecule has 0 atom stereocenters. The van der Waals surface area contributed by atoms with Crippen molar-refractivity contribution in [3.63, 3.8) is 0 Å². The van der Waals surface area contributed by atoms with E-state index >= 15 is 0 Å². The molecule has 4 heteroatoms. The summed E-state index contributed by atoms with van der Waals surface area (Å²) in [6, 6.07) is 11.7. The lowest BCUT2D eigenvalue weighted by Gasteiger charge is -2.18. The monoisotopic (exact) mass is 291 g/mol. The molecule has 0 saturated heterocycles. The fourth-order valence-electron chi connectivity index (χ4n) is 2.69. The number of hydrogen-bond donors (Lipinski definition) is 1. The fraction of sp³-hybridized carbons (Fsp3) is 0.294. The fourth-order valence-corrected chi connectivity index (χ4v) is 2.69. The highest BCUT2D eigenvalue weighted by atomic mass is 19.4. The number of rotatable bonds is 2. The molecular weight excluding hydrogens is 275 g/mol. The first-order chi connectivity index (χ1) is 10.0. The van der Waals surface area contributed by atoms with Gasteiger partial charge in [0.2, 0.25) is 0 Å². The van der Waals surface area contributed by atoms with Crippen molar-refractivity contribution in [2.24, 2.45) is 0 Å². The van der Waals surface area contributed by atoms with Crippen LogP contribution in [0.5, 0.6) is 0 Å². The smallest absolute Gasteiger partial charge is 0.385 e. The first kappa shape index (κ1) is 14.0. The number of aryl methyl sites for hydroxylation is 1. The summed E-state index contributed by atoms with van der Waals surface area (Å²) < 4.78 is 37.6. The van der Waals surface area contributed by atoms with E-state index in [1.165, 1.54) is 11.3 Å². The number of anilines is 1. The van der Waals surface area contributed by atoms with Crippen LogP contribution in [-0.4, -0.2) is 6.54 Å². The van der Waals surface area contributed by atoms with E-state index in [-0.39, 0.29) is 0 Å². The van der Waals surface area contributed by atoms with E-state index in [2.05, 4.69) is 17.4 Å². The van der Waals surface area contributed by atoms with Crippen molar-refractivity contribution in [3.8, 4) is 0 Å². The van der Waals surface area contributed by atoms with E-state index in [0.29, 0.717) is 6.42 Å². The van der Waals surface area contributed by atoms with E-state index < -0.39 is 11.7 Å². The summed E-state index contributed by atoms with van der Waals surface area (Å²) in [7, 11) is 0. The first-order valence-electron chi connectivity index (χ1n) is 7.04. The molecule has 0 saturated carbocycles. The van der Waals surface area contributed by atoms with Crippen LogP contribution in [0.3, 0.4) is 0 Å². The van der Waals surface area contributed by atoms with Crippen molar-refractivity contribution >= 4 is 5.69 Å². The summed E-state index contributed by atoms with van der Waals surface area (Å²) in [5.41, 5.74) is 3.91. The second-order valence-corrected chi connectivity index (χ2v) is 5.39. The van der Waals surface area contributed by atoms with Gasteiger partial charge in [0, 0.05) is 12.2 Å². The largest absolute Gasteiger partial charge is 0.416 e. The van der Waals surface area contributed by atoms with E-state index in [4.69, 9.17) is 0 Å². The van der Waals surface area contributed by atoms with Gasteiger partial charge in [-0.3, -0.25) is 0 Å². The van der Waals surface area contributed by atoms with Crippen LogP contribution in [0, 0.1) is 0 Å². The highest BCUT2D eigenvalue weighted by molar-refractivity contribution is 5.54. The zero-order valence-corrected chi connectivity index (χ0v) is 11.5. The molecule has 1 N–H and O–H groups in total. The predicted octanol–water partition coefficient (Wildman–Crippen LogP) is 4.65. The third-order valence-corrected chi connectivity index (χ3v) is 3.80. The zero-order chi connectivity index (χ0) is 14.9. The van der Waals surface area contributed by atoms with Gasteiger partial charge in [0.05, 0.1) is 5.56 Å². The summed E-state index contributed by atoms with van der Waals surface area (Å²) in [5.74, 6) is 0. The second kappa shape index (κ2) is 5.43. The van der Waals surface area contributed by atoms with Gasteiger partial charge >= 0.3 is 6.18 Å². The molecule has 0 aromatic heterocycles. The molecule has 0 radical (unpaired) electrons. The third-order valence-electron chi connectivity index (χ3n) is 3.80. The van der Waals surface area contributed by atoms with Gasteiger partial charge in [-0.15, -0.1) is 0 Å². The van der Waals surface area contributed by atoms with Crippen LogP contribution >= 0.6 is 0 Å². The number of fused-ring (bicyclic) bond motifs is 1. The van der Waals surface area contributed by atoms with Gasteiger partial charge in [-0.25, -0.2) is 0 Å². The van der Waals surface area contributed by atoms with Crippen molar-refractivity contribution in [1.29, 1.82) is 0 Å². The van der Waals surface area contributed by atoms with E-state index in [1.54, 1.807) is 12.1 Å². The number of alkyl halides is 3. The van der Waals surface area contributed by atoms with Crippen molar-refractivity contribution in [3.05, 3.63) is 64.7 Å². The topological polar surface area (TPSA) is 12.0 Å². The van der Waals surface area contributed by atoms with Gasteiger partial charge in [0.15, 0.2) is 0 Å². The average Bonchev–Trinajstić information content (AvgIpc) is 2.47. The van der Waals surface area contributed by atoms with Gasteiger partial charge < -0.3 is 5.32 Å². The van der Waals surface area contributed by atoms with Crippen molar-refractivity contribution in [2.75, 3.05) is 11.9 Å². The Labute approximate surface area is 121 Å². The van der Waals surface area contributed by atoms with Crippen LogP contribution in [0.15, 0.2) is 42.5 Å². The molecule has 3 rings (SSSR count). The SMILES string of the molecule is FC(F)(F)c1ccc(Cc2ccc3c(c2)CCCN3)cc1. The van der Waals surface area contributed by atoms with Crippen LogP contribution in [0.1, 0.15) is 28.7 Å². The summed E-state index contributed by atoms with van der Waals surface area (Å²) in [6.07, 6.45) is -1.43. The van der Waals surface area contributed by atoms with E-state index in [9.17, 15) is 13.2 Å². The molecule has 1 aliphatic rings. The minimum absolute atomic E-state index is 0.596. The van der Waals surface area contributed by atoms with Crippen LogP contribution in [0.4, 0.5) is 18.9 Å². The van der Waals surface area contributed by atoms with Crippen LogP contribution < -0.4 is 5.32 Å². The molecule has 1 nitrogen and oxygen atoms in total. The van der Waals surface area contributed by atoms with Crippen LogP contribution in [0.25, 0.3) is 0 Å². The molecule has 1 aliphatic heterocycles. The van der Waals surface area contributed by atoms with Crippen molar-refractivity contribution in [1.82, 2.24) is 0 Å². The molecule has 0 fully saturated rings. The summed E-state index contributed by atoms with van der Waals surface area (Å²) in [6.45, 7) is 1.01. The average molecular weight is 291 g/mol. The molecule has 2 aromatic rings. The van der Waals surface area contributed by atoms with Gasteiger partial charge in [-0.1, -0.05) is 24.3 Å². The predicted molar refractivity (Wildman–Crippen MR) is 77.5 cm³/mol. The Kier molecular flexibility index (Phi) is 3.62. The normalized spacial score (nSPS) is 14.4. The molecule has 21 heavy (non-hydrogen) atoms. The molecule has 110 valence electrons. The molecule has 0 aliphatic carbocycles. The molecular formula is C17H16F3N. The highest BCUT2D eigenvalue weighted by Gasteiger charge is 2.29. The number of halogens is 3. The molecule has 0 amide bonds. The Morgan fingerprint density at radius 2 is 1.67 bits per heavy atom. The maximum atomic E-state index is 12.5. The maximum absolute atomic E-state index is 12.5. The Balaban J connectivity index is 1.77. The van der Waals surface area contributed by atoms with Gasteiger partial charge in [-0.2, -0.15) is 13.2 Å². The summed E-state index contributed by atoms with van der Waals surface area (Å²) in [4.78, 5) is 0. The molecule has 0 bridgehead atoms. The number of hydrogen-bond acceptors (Lipinski definition) is 1. The number of benzene rings is 2. The van der Waals surface area contributed by atoms with Gasteiger partial charge in [0.1, 0.15) is 0 Å². The first-order valence-corrected chi connectivity index (χ1v) is 7.04. The molecule has 1 heterocycles. The summed E-state index contributed by atoms with van der Waals surface area (Å²) >= 11 is 0. The zero-order valence-electron chi connectivity index (χ0n) is 11.5. The Bertz CT molecular complexity index is 629. The lowest BCUT2D eigenvalue weighted by atomic mass is 9.97. The lowest BCUT2D eigenvalue weighted by molar-refractivity contribution is -0.137. The molecule has 2 aromatic carbocycles. The highest BCUT2D eigenvalue weighted by Crippen LogP contribution is 2.29. The van der Waals surface area contributed by atoms with Gasteiger partial charge in [0.25, 0.3) is 0 Å². The maximum Gasteiger partial charge on any atom is 0.416 e. The lowest BCUT2D eigenvalue weighted by Crippen LogP contribution is -2.11. The van der Waals surface area contributed by atoms with Crippen molar-refractivity contribution in [2.45, 2.75) is 25.4 Å². The second-order valence-electron chi connectivity index (χ2n) is 5.39. The van der Waals surface area contributed by atoms with Crippen LogP contribution in [0.2, 0.25) is 0 Å². The van der Waals surface area contributed by atoms with Crippen molar-refractivity contribution < 1.29 is 13.2 Å². The molecule has 0 spiro atoms. The Hall–Kier alpha value is -1.97. The minimum Gasteiger partial charge on any atom is -0.385 e. The Morgan fingerprint density at radius 1 is 0.952 bits per heavy atom. The summed E-state index contributed by atoms with van der Waals surface area (Å²) in [5, 5.41) is 3.35. The quantitative estimate of drug-likeness (QED) is 0.849. The third kappa shape index (κ3) is 3.20. The Morgan fingerprint density at radius 3 is 2.38 bits per heavy atom. The van der Waals surface area contributed by atoms with Gasteiger partial charge in [-0.05, 0) is 54.2 Å². The molecule has 0 unspecified atom stereocenters. The number of nitrogens with one attached hydrogen (secondary N) is 1. The minimum atomic E-state index is -4.27. The van der Waals surface area contributed by atoms with E-state index in [1.807, 2.05) is 6.07 Å².